The number of nitrogens with one attached hydrogen (secondary N) is 1. The van der Waals surface area contributed by atoms with Crippen LogP contribution < -0.4 is 5.32 Å². The molecule has 2 aliphatic heterocycles. The van der Waals surface area contributed by atoms with Crippen molar-refractivity contribution in [2.45, 2.75) is 43.9 Å². The largest absolute Gasteiger partial charge is 0.481 e. The van der Waals surface area contributed by atoms with E-state index in [-0.39, 0.29) is 24.2 Å². The van der Waals surface area contributed by atoms with E-state index in [0.717, 1.165) is 36.8 Å². The van der Waals surface area contributed by atoms with Gasteiger partial charge in [0.05, 0.1) is 30.1 Å². The minimum Gasteiger partial charge on any atom is -0.481 e. The van der Waals surface area contributed by atoms with Crippen LogP contribution >= 0.6 is 0 Å². The zero-order valence-electron chi connectivity index (χ0n) is 15.5. The number of hydrogen-bond acceptors (Lipinski definition) is 3. The molecule has 2 fully saturated rings. The molecule has 0 spiro atoms. The molecule has 2 saturated heterocycles. The normalized spacial score (nSPS) is 28.3. The third-order valence-corrected chi connectivity index (χ3v) is 6.54. The number of carboxylic acids is 1. The van der Waals surface area contributed by atoms with Crippen LogP contribution in [0.3, 0.4) is 0 Å². The number of aryl methyl sites for hydroxylation is 2. The molecular weight excluding hydrogens is 354 g/mol. The summed E-state index contributed by atoms with van der Waals surface area (Å²) in [5.74, 6) is -2.53. The van der Waals surface area contributed by atoms with Gasteiger partial charge in [-0.2, -0.15) is 0 Å². The van der Waals surface area contributed by atoms with Crippen molar-refractivity contribution in [1.82, 2.24) is 5.32 Å². The summed E-state index contributed by atoms with van der Waals surface area (Å²) in [4.78, 5) is 25.1. The number of hydrogen-bond donors (Lipinski definition) is 2. The first kappa shape index (κ1) is 17.4. The minimum absolute atomic E-state index is 0.212. The number of carboxylic acid groups (broad SMARTS) is 1. The third-order valence-electron chi connectivity index (χ3n) is 6.54. The summed E-state index contributed by atoms with van der Waals surface area (Å²) < 4.78 is 5.79. The van der Waals surface area contributed by atoms with Crippen LogP contribution in [0.2, 0.25) is 0 Å². The minimum atomic E-state index is -0.936. The predicted octanol–water partition coefficient (Wildman–Crippen LogP) is 2.87. The molecular formula is C23H23NO4. The van der Waals surface area contributed by atoms with Gasteiger partial charge in [0.1, 0.15) is 0 Å². The summed E-state index contributed by atoms with van der Waals surface area (Å²) in [5, 5.41) is 12.9. The van der Waals surface area contributed by atoms with E-state index in [4.69, 9.17) is 4.74 Å². The number of fused-ring (bicyclic) bond motifs is 4. The molecule has 2 N–H and O–H groups in total. The van der Waals surface area contributed by atoms with Crippen molar-refractivity contribution in [3.05, 3.63) is 70.8 Å². The van der Waals surface area contributed by atoms with Crippen LogP contribution in [0.4, 0.5) is 0 Å². The van der Waals surface area contributed by atoms with Crippen molar-refractivity contribution >= 4 is 11.9 Å². The zero-order valence-corrected chi connectivity index (χ0v) is 15.5. The quantitative estimate of drug-likeness (QED) is 0.862. The van der Waals surface area contributed by atoms with E-state index in [2.05, 4.69) is 29.6 Å². The summed E-state index contributed by atoms with van der Waals surface area (Å²) in [6.45, 7) is 0. The SMILES string of the molecule is O=C(O)[C@@H]1[C@@H](C(=O)NC2c3ccccc3CCc3ccccc32)[C@H]2CC[C@H]1O2. The van der Waals surface area contributed by atoms with Crippen LogP contribution in [0.25, 0.3) is 0 Å². The first-order valence-corrected chi connectivity index (χ1v) is 9.97. The highest BCUT2D eigenvalue weighted by molar-refractivity contribution is 5.87. The fraction of sp³-hybridized carbons (Fsp3) is 0.391. The Hall–Kier alpha value is -2.66. The van der Waals surface area contributed by atoms with E-state index in [0.29, 0.717) is 0 Å². The second kappa shape index (κ2) is 6.74. The van der Waals surface area contributed by atoms with Gasteiger partial charge in [-0.25, -0.2) is 0 Å². The van der Waals surface area contributed by atoms with Crippen molar-refractivity contribution in [3.63, 3.8) is 0 Å². The maximum absolute atomic E-state index is 13.3. The van der Waals surface area contributed by atoms with Gasteiger partial charge in [0.15, 0.2) is 0 Å². The highest BCUT2D eigenvalue weighted by Crippen LogP contribution is 2.44. The Morgan fingerprint density at radius 3 is 1.96 bits per heavy atom. The van der Waals surface area contributed by atoms with Crippen LogP contribution in [-0.4, -0.2) is 29.2 Å². The molecule has 2 bridgehead atoms. The molecule has 5 rings (SSSR count). The Labute approximate surface area is 163 Å². The highest BCUT2D eigenvalue weighted by Gasteiger charge is 2.55. The summed E-state index contributed by atoms with van der Waals surface area (Å²) in [6.07, 6.45) is 2.70. The number of amides is 1. The average molecular weight is 377 g/mol. The Bertz CT molecular complexity index is 892. The van der Waals surface area contributed by atoms with Gasteiger partial charge in [0, 0.05) is 0 Å². The Balaban J connectivity index is 1.51. The molecule has 2 aromatic rings. The Kier molecular flexibility index (Phi) is 4.20. The molecule has 0 unspecified atom stereocenters. The lowest BCUT2D eigenvalue weighted by Crippen LogP contribution is -2.45. The number of ether oxygens (including phenoxy) is 1. The number of carbonyl (C=O) groups is 2. The van der Waals surface area contributed by atoms with E-state index in [1.165, 1.54) is 11.1 Å². The first-order valence-electron chi connectivity index (χ1n) is 9.97. The zero-order chi connectivity index (χ0) is 19.3. The van der Waals surface area contributed by atoms with Crippen molar-refractivity contribution in [1.29, 1.82) is 0 Å². The van der Waals surface area contributed by atoms with Crippen molar-refractivity contribution in [3.8, 4) is 0 Å². The summed E-state index contributed by atoms with van der Waals surface area (Å²) in [6, 6.07) is 16.1. The van der Waals surface area contributed by atoms with Crippen LogP contribution in [0.1, 0.15) is 41.1 Å². The fourth-order valence-electron chi connectivity index (χ4n) is 5.24. The predicted molar refractivity (Wildman–Crippen MR) is 103 cm³/mol. The molecule has 28 heavy (non-hydrogen) atoms. The van der Waals surface area contributed by atoms with E-state index < -0.39 is 17.8 Å². The Morgan fingerprint density at radius 2 is 1.39 bits per heavy atom. The van der Waals surface area contributed by atoms with E-state index in [9.17, 15) is 14.7 Å². The van der Waals surface area contributed by atoms with Gasteiger partial charge in [-0.05, 0) is 47.9 Å². The number of carbonyl (C=O) groups excluding carboxylic acids is 1. The molecule has 4 atom stereocenters. The maximum Gasteiger partial charge on any atom is 0.310 e. The monoisotopic (exact) mass is 377 g/mol. The van der Waals surface area contributed by atoms with Gasteiger partial charge in [0.25, 0.3) is 0 Å². The standard InChI is InChI=1S/C23H23NO4/c25-22(19-17-11-12-18(28-17)20(19)23(26)27)24-21-15-7-3-1-5-13(15)9-10-14-6-2-4-8-16(14)21/h1-8,17-21H,9-12H2,(H,24,25)(H,26,27)/t17-,18-,19+,20+/m1/s1. The molecule has 3 aliphatic rings. The van der Waals surface area contributed by atoms with Crippen LogP contribution in [0.15, 0.2) is 48.5 Å². The second-order valence-electron chi connectivity index (χ2n) is 8.02. The van der Waals surface area contributed by atoms with Gasteiger partial charge in [-0.3, -0.25) is 9.59 Å². The number of rotatable bonds is 3. The molecule has 5 nitrogen and oxygen atoms in total. The molecule has 1 amide bonds. The van der Waals surface area contributed by atoms with E-state index >= 15 is 0 Å². The summed E-state index contributed by atoms with van der Waals surface area (Å²) in [7, 11) is 0. The molecule has 0 aromatic heterocycles. The van der Waals surface area contributed by atoms with E-state index in [1.807, 2.05) is 24.3 Å². The molecule has 0 saturated carbocycles. The van der Waals surface area contributed by atoms with Crippen LogP contribution in [-0.2, 0) is 27.2 Å². The summed E-state index contributed by atoms with van der Waals surface area (Å²) >= 11 is 0. The van der Waals surface area contributed by atoms with E-state index in [1.54, 1.807) is 0 Å². The van der Waals surface area contributed by atoms with Crippen molar-refractivity contribution in [2.75, 3.05) is 0 Å². The number of aliphatic carboxylic acids is 1. The number of benzene rings is 2. The van der Waals surface area contributed by atoms with Gasteiger partial charge in [0.2, 0.25) is 5.91 Å². The fourth-order valence-corrected chi connectivity index (χ4v) is 5.24. The Morgan fingerprint density at radius 1 is 0.857 bits per heavy atom. The molecule has 2 aromatic carbocycles. The van der Waals surface area contributed by atoms with Crippen molar-refractivity contribution < 1.29 is 19.4 Å². The van der Waals surface area contributed by atoms with Crippen molar-refractivity contribution in [2.24, 2.45) is 11.8 Å². The second-order valence-corrected chi connectivity index (χ2v) is 8.02. The lowest BCUT2D eigenvalue weighted by Gasteiger charge is -2.28. The van der Waals surface area contributed by atoms with Gasteiger partial charge in [-0.15, -0.1) is 0 Å². The molecule has 1 aliphatic carbocycles. The van der Waals surface area contributed by atoms with Gasteiger partial charge >= 0.3 is 5.97 Å². The average Bonchev–Trinajstić information content (AvgIpc) is 3.29. The van der Waals surface area contributed by atoms with Gasteiger partial charge in [-0.1, -0.05) is 48.5 Å². The van der Waals surface area contributed by atoms with Crippen LogP contribution in [0, 0.1) is 11.8 Å². The smallest absolute Gasteiger partial charge is 0.310 e. The summed E-state index contributed by atoms with van der Waals surface area (Å²) in [5.41, 5.74) is 4.64. The first-order chi connectivity index (χ1) is 13.6. The third kappa shape index (κ3) is 2.73. The molecule has 5 heteroatoms. The molecule has 144 valence electrons. The lowest BCUT2D eigenvalue weighted by molar-refractivity contribution is -0.148. The van der Waals surface area contributed by atoms with Crippen LogP contribution in [0.5, 0.6) is 0 Å². The molecule has 0 radical (unpaired) electrons. The maximum atomic E-state index is 13.3. The van der Waals surface area contributed by atoms with Gasteiger partial charge < -0.3 is 15.2 Å². The highest BCUT2D eigenvalue weighted by atomic mass is 16.5. The molecule has 2 heterocycles. The topological polar surface area (TPSA) is 75.6 Å². The lowest BCUT2D eigenvalue weighted by atomic mass is 9.78.